The molecule has 1 unspecified atom stereocenters. The lowest BCUT2D eigenvalue weighted by Crippen LogP contribution is -2.43. The summed E-state index contributed by atoms with van der Waals surface area (Å²) in [6, 6.07) is 10.1. The van der Waals surface area contributed by atoms with Crippen molar-refractivity contribution in [2.24, 2.45) is 11.5 Å². The minimum atomic E-state index is -0.537. The Labute approximate surface area is 96.0 Å². The molecule has 1 aliphatic rings. The average Bonchev–Trinajstić information content (AvgIpc) is 2.32. The van der Waals surface area contributed by atoms with E-state index in [4.69, 9.17) is 11.5 Å². The first-order chi connectivity index (χ1) is 7.71. The lowest BCUT2D eigenvalue weighted by atomic mass is 9.88. The summed E-state index contributed by atoms with van der Waals surface area (Å²) in [4.78, 5) is 0. The molecule has 2 rings (SSSR count). The molecule has 1 atom stereocenters. The molecule has 82 valence electrons. The second-order valence-corrected chi connectivity index (χ2v) is 4.04. The highest BCUT2D eigenvalue weighted by Gasteiger charge is 2.24. The van der Waals surface area contributed by atoms with E-state index in [9.17, 15) is 0 Å². The second kappa shape index (κ2) is 4.37. The van der Waals surface area contributed by atoms with Gasteiger partial charge in [-0.05, 0) is 18.1 Å². The summed E-state index contributed by atoms with van der Waals surface area (Å²) in [6.45, 7) is 0. The van der Waals surface area contributed by atoms with Crippen LogP contribution in [-0.4, -0.2) is 5.54 Å². The first kappa shape index (κ1) is 10.7. The van der Waals surface area contributed by atoms with Crippen LogP contribution in [0.3, 0.4) is 0 Å². The van der Waals surface area contributed by atoms with Gasteiger partial charge < -0.3 is 11.5 Å². The lowest BCUT2D eigenvalue weighted by Gasteiger charge is -2.27. The van der Waals surface area contributed by atoms with Crippen LogP contribution in [-0.2, 0) is 0 Å². The van der Waals surface area contributed by atoms with Crippen molar-refractivity contribution in [3.8, 4) is 0 Å². The molecule has 0 bridgehead atoms. The van der Waals surface area contributed by atoms with Crippen molar-refractivity contribution in [1.82, 2.24) is 0 Å². The van der Waals surface area contributed by atoms with Gasteiger partial charge in [-0.2, -0.15) is 0 Å². The Morgan fingerprint density at radius 1 is 1.19 bits per heavy atom. The van der Waals surface area contributed by atoms with Gasteiger partial charge in [0.15, 0.2) is 0 Å². The molecule has 4 N–H and O–H groups in total. The Hall–Kier alpha value is -1.80. The molecular formula is C14H16N2. The van der Waals surface area contributed by atoms with Crippen LogP contribution in [0.5, 0.6) is 0 Å². The molecule has 2 heteroatoms. The lowest BCUT2D eigenvalue weighted by molar-refractivity contribution is 0.613. The zero-order valence-electron chi connectivity index (χ0n) is 9.14. The third kappa shape index (κ3) is 2.23. The van der Waals surface area contributed by atoms with Crippen molar-refractivity contribution in [3.05, 3.63) is 65.9 Å². The standard InChI is InChI=1S/C14H16N2/c15-13-8-4-5-10-14(13,16)11-9-12-6-2-1-3-7-12/h1-9,11H,10,15-16H2. The van der Waals surface area contributed by atoms with Crippen LogP contribution >= 0.6 is 0 Å². The molecule has 16 heavy (non-hydrogen) atoms. The van der Waals surface area contributed by atoms with Crippen LogP contribution in [0.25, 0.3) is 6.08 Å². The Morgan fingerprint density at radius 3 is 2.62 bits per heavy atom. The SMILES string of the molecule is NC1=CC=CCC1(N)C=Cc1ccccc1. The molecule has 2 nitrogen and oxygen atoms in total. The molecule has 0 fully saturated rings. The van der Waals surface area contributed by atoms with E-state index in [-0.39, 0.29) is 0 Å². The highest BCUT2D eigenvalue weighted by atomic mass is 14.8. The van der Waals surface area contributed by atoms with Gasteiger partial charge in [-0.1, -0.05) is 54.6 Å². The van der Waals surface area contributed by atoms with Gasteiger partial charge in [0.2, 0.25) is 0 Å². The number of benzene rings is 1. The van der Waals surface area contributed by atoms with E-state index in [1.165, 1.54) is 0 Å². The normalized spacial score (nSPS) is 24.7. The Balaban J connectivity index is 2.19. The van der Waals surface area contributed by atoms with E-state index in [0.29, 0.717) is 5.70 Å². The van der Waals surface area contributed by atoms with Crippen LogP contribution in [0, 0.1) is 0 Å². The van der Waals surface area contributed by atoms with Gasteiger partial charge in [0, 0.05) is 5.70 Å². The molecule has 1 aromatic carbocycles. The molecule has 0 aliphatic heterocycles. The maximum Gasteiger partial charge on any atom is 0.0779 e. The third-order valence-corrected chi connectivity index (χ3v) is 2.78. The summed E-state index contributed by atoms with van der Waals surface area (Å²) in [5.74, 6) is 0. The van der Waals surface area contributed by atoms with Crippen LogP contribution < -0.4 is 11.5 Å². The molecule has 0 heterocycles. The zero-order chi connectivity index (χ0) is 11.4. The van der Waals surface area contributed by atoms with E-state index in [0.717, 1.165) is 12.0 Å². The summed E-state index contributed by atoms with van der Waals surface area (Å²) >= 11 is 0. The summed E-state index contributed by atoms with van der Waals surface area (Å²) in [5.41, 5.74) is 13.4. The summed E-state index contributed by atoms with van der Waals surface area (Å²) in [5, 5.41) is 0. The van der Waals surface area contributed by atoms with Crippen molar-refractivity contribution in [2.75, 3.05) is 0 Å². The fraction of sp³-hybridized carbons (Fsp3) is 0.143. The van der Waals surface area contributed by atoms with Gasteiger partial charge in [0.05, 0.1) is 5.54 Å². The first-order valence-corrected chi connectivity index (χ1v) is 5.37. The Morgan fingerprint density at radius 2 is 1.94 bits per heavy atom. The summed E-state index contributed by atoms with van der Waals surface area (Å²) < 4.78 is 0. The van der Waals surface area contributed by atoms with Gasteiger partial charge in [-0.25, -0.2) is 0 Å². The van der Waals surface area contributed by atoms with Gasteiger partial charge >= 0.3 is 0 Å². The topological polar surface area (TPSA) is 52.0 Å². The predicted octanol–water partition coefficient (Wildman–Crippen LogP) is 2.20. The van der Waals surface area contributed by atoms with Gasteiger partial charge in [-0.3, -0.25) is 0 Å². The Bertz CT molecular complexity index is 443. The average molecular weight is 212 g/mol. The maximum absolute atomic E-state index is 6.22. The van der Waals surface area contributed by atoms with E-state index in [1.54, 1.807) is 0 Å². The minimum Gasteiger partial charge on any atom is -0.400 e. The maximum atomic E-state index is 6.22. The minimum absolute atomic E-state index is 0.537. The van der Waals surface area contributed by atoms with Gasteiger partial charge in [0.25, 0.3) is 0 Å². The fourth-order valence-corrected chi connectivity index (χ4v) is 1.68. The summed E-state index contributed by atoms with van der Waals surface area (Å²) in [6.07, 6.45) is 10.6. The summed E-state index contributed by atoms with van der Waals surface area (Å²) in [7, 11) is 0. The van der Waals surface area contributed by atoms with E-state index >= 15 is 0 Å². The number of allylic oxidation sites excluding steroid dienone is 2. The highest BCUT2D eigenvalue weighted by Crippen LogP contribution is 2.21. The second-order valence-electron chi connectivity index (χ2n) is 4.04. The molecule has 0 radical (unpaired) electrons. The van der Waals surface area contributed by atoms with E-state index in [2.05, 4.69) is 0 Å². The zero-order valence-corrected chi connectivity index (χ0v) is 9.14. The van der Waals surface area contributed by atoms with Crippen LogP contribution in [0.15, 0.2) is 60.3 Å². The molecule has 0 spiro atoms. The predicted molar refractivity (Wildman–Crippen MR) is 68.4 cm³/mol. The first-order valence-electron chi connectivity index (χ1n) is 5.37. The van der Waals surface area contributed by atoms with Crippen LogP contribution in [0.4, 0.5) is 0 Å². The monoisotopic (exact) mass is 212 g/mol. The van der Waals surface area contributed by atoms with Crippen molar-refractivity contribution < 1.29 is 0 Å². The van der Waals surface area contributed by atoms with Crippen molar-refractivity contribution in [1.29, 1.82) is 0 Å². The van der Waals surface area contributed by atoms with E-state index in [1.807, 2.05) is 60.7 Å². The number of hydrogen-bond acceptors (Lipinski definition) is 2. The third-order valence-electron chi connectivity index (χ3n) is 2.78. The number of hydrogen-bond donors (Lipinski definition) is 2. The number of rotatable bonds is 2. The molecule has 0 aromatic heterocycles. The molecule has 1 aliphatic carbocycles. The largest absolute Gasteiger partial charge is 0.400 e. The molecule has 1 aromatic rings. The quantitative estimate of drug-likeness (QED) is 0.789. The highest BCUT2D eigenvalue weighted by molar-refractivity contribution is 5.53. The van der Waals surface area contributed by atoms with Crippen molar-refractivity contribution in [3.63, 3.8) is 0 Å². The molecule has 0 saturated carbocycles. The smallest absolute Gasteiger partial charge is 0.0779 e. The van der Waals surface area contributed by atoms with Gasteiger partial charge in [0.1, 0.15) is 0 Å². The van der Waals surface area contributed by atoms with Gasteiger partial charge in [-0.15, -0.1) is 0 Å². The van der Waals surface area contributed by atoms with Crippen LogP contribution in [0.1, 0.15) is 12.0 Å². The van der Waals surface area contributed by atoms with Crippen LogP contribution in [0.2, 0.25) is 0 Å². The number of nitrogens with two attached hydrogens (primary N) is 2. The van der Waals surface area contributed by atoms with Crippen molar-refractivity contribution in [2.45, 2.75) is 12.0 Å². The van der Waals surface area contributed by atoms with Crippen molar-refractivity contribution >= 4 is 6.08 Å². The molecule has 0 amide bonds. The molecular weight excluding hydrogens is 196 g/mol. The fourth-order valence-electron chi connectivity index (χ4n) is 1.68. The molecule has 0 saturated heterocycles. The Kier molecular flexibility index (Phi) is 2.93. The van der Waals surface area contributed by atoms with E-state index < -0.39 is 5.54 Å².